The van der Waals surface area contributed by atoms with Crippen molar-refractivity contribution in [3.05, 3.63) is 72.9 Å². The Balaban J connectivity index is 1.76. The minimum absolute atomic E-state index is 0.260. The van der Waals surface area contributed by atoms with Gasteiger partial charge in [-0.2, -0.15) is 0 Å². The van der Waals surface area contributed by atoms with E-state index in [0.29, 0.717) is 0 Å². The average Bonchev–Trinajstić information content (AvgIpc) is 3.22. The van der Waals surface area contributed by atoms with Crippen molar-refractivity contribution >= 4 is 66.6 Å². The van der Waals surface area contributed by atoms with Gasteiger partial charge in [0.05, 0.1) is 15.7 Å². The molecule has 28 heavy (non-hydrogen) atoms. The zero-order chi connectivity index (χ0) is 18.8. The monoisotopic (exact) mass is 378 g/mol. The van der Waals surface area contributed by atoms with Gasteiger partial charge in [0.15, 0.2) is 0 Å². The van der Waals surface area contributed by atoms with Gasteiger partial charge in [-0.1, -0.05) is 35.8 Å². The maximum Gasteiger partial charge on any atom is 0.139 e. The molecule has 1 N–H and O–H groups in total. The number of aromatic hydroxyl groups is 1. The van der Waals surface area contributed by atoms with Gasteiger partial charge in [0.25, 0.3) is 0 Å². The number of hydrogen-bond acceptors (Lipinski definition) is 3. The van der Waals surface area contributed by atoms with Crippen LogP contribution in [0.4, 0.5) is 0 Å². The van der Waals surface area contributed by atoms with Gasteiger partial charge in [0.1, 0.15) is 19.4 Å². The van der Waals surface area contributed by atoms with Crippen molar-refractivity contribution in [3.8, 4) is 11.6 Å². The van der Waals surface area contributed by atoms with Gasteiger partial charge in [-0.05, 0) is 30.3 Å². The fraction of sp³-hybridized carbons (Fsp3) is 0. The smallest absolute Gasteiger partial charge is 0.139 e. The average molecular weight is 378 g/mol. The summed E-state index contributed by atoms with van der Waals surface area (Å²) in [6.45, 7) is 0. The van der Waals surface area contributed by atoms with Crippen LogP contribution in [0.5, 0.6) is 5.75 Å². The van der Waals surface area contributed by atoms with Crippen molar-refractivity contribution in [2.45, 2.75) is 0 Å². The number of hydrogen-bond donors (Lipinski definition) is 1. The highest BCUT2D eigenvalue weighted by atomic mass is 32.1. The van der Waals surface area contributed by atoms with E-state index in [1.165, 1.54) is 31.0 Å². The maximum atomic E-state index is 10.1. The molecule has 0 spiro atoms. The minimum Gasteiger partial charge on any atom is -0.508 e. The Kier molecular flexibility index (Phi) is 3.14. The largest absolute Gasteiger partial charge is 0.508 e. The highest BCUT2D eigenvalue weighted by molar-refractivity contribution is 7.25. The second-order valence-electron chi connectivity index (χ2n) is 7.19. The highest BCUT2D eigenvalue weighted by Crippen LogP contribution is 2.37. The van der Waals surface area contributed by atoms with Gasteiger partial charge in [-0.25, -0.2) is 4.98 Å². The summed E-state index contributed by atoms with van der Waals surface area (Å²) in [6, 6.07) is 22.7. The molecule has 0 aliphatic carbocycles. The molecule has 5 heteroatoms. The minimum atomic E-state index is 0.260. The van der Waals surface area contributed by atoms with Crippen molar-refractivity contribution in [2.75, 3.05) is 0 Å². The summed E-state index contributed by atoms with van der Waals surface area (Å²) < 4.78 is 4.60. The first-order chi connectivity index (χ1) is 13.7. The van der Waals surface area contributed by atoms with E-state index in [1.54, 1.807) is 17.4 Å². The van der Waals surface area contributed by atoms with Crippen LogP contribution in [0.1, 0.15) is 0 Å². The normalized spacial score (nSPS) is 11.9. The van der Waals surface area contributed by atoms with Crippen molar-refractivity contribution in [1.29, 1.82) is 0 Å². The number of thiophene rings is 1. The lowest BCUT2D eigenvalue weighted by Gasteiger charge is -2.07. The zero-order valence-corrected chi connectivity index (χ0v) is 16.0. The van der Waals surface area contributed by atoms with Crippen LogP contribution in [0.3, 0.4) is 0 Å². The molecule has 6 aromatic rings. The SMILES string of the molecule is Bc1ccc2c(c1)c1ccc(O)cc1n2-c1cc2c(cn1)sc1ccccc12. The number of aromatic nitrogens is 2. The molecule has 3 aromatic heterocycles. The van der Waals surface area contributed by atoms with Gasteiger partial charge in [-0.3, -0.25) is 4.57 Å². The molecule has 0 aliphatic rings. The summed E-state index contributed by atoms with van der Waals surface area (Å²) in [5.74, 6) is 1.13. The molecule has 0 amide bonds. The first-order valence-corrected chi connectivity index (χ1v) is 10.0. The number of fused-ring (bicyclic) bond motifs is 6. The molecule has 0 saturated carbocycles. The summed E-state index contributed by atoms with van der Waals surface area (Å²) in [7, 11) is 2.10. The Morgan fingerprint density at radius 1 is 0.786 bits per heavy atom. The molecule has 0 saturated heterocycles. The lowest BCUT2D eigenvalue weighted by molar-refractivity contribution is 0.476. The second-order valence-corrected chi connectivity index (χ2v) is 8.28. The van der Waals surface area contributed by atoms with E-state index in [4.69, 9.17) is 4.98 Å². The van der Waals surface area contributed by atoms with Gasteiger partial charge in [0, 0.05) is 38.5 Å². The summed E-state index contributed by atoms with van der Waals surface area (Å²) in [5.41, 5.74) is 3.27. The van der Waals surface area contributed by atoms with Gasteiger partial charge in [-0.15, -0.1) is 11.3 Å². The molecule has 132 valence electrons. The molecule has 3 aromatic carbocycles. The number of nitrogens with zero attached hydrogens (tertiary/aromatic N) is 2. The van der Waals surface area contributed by atoms with Crippen LogP contribution in [0, 0.1) is 0 Å². The molecule has 0 fully saturated rings. The van der Waals surface area contributed by atoms with Crippen LogP contribution in [0.2, 0.25) is 0 Å². The van der Waals surface area contributed by atoms with Crippen molar-refractivity contribution in [3.63, 3.8) is 0 Å². The highest BCUT2D eigenvalue weighted by Gasteiger charge is 2.15. The van der Waals surface area contributed by atoms with E-state index in [0.717, 1.165) is 22.2 Å². The fourth-order valence-electron chi connectivity index (χ4n) is 4.11. The maximum absolute atomic E-state index is 10.1. The topological polar surface area (TPSA) is 38.0 Å². The van der Waals surface area contributed by atoms with E-state index in [1.807, 2.05) is 18.3 Å². The van der Waals surface area contributed by atoms with Gasteiger partial charge < -0.3 is 5.11 Å². The van der Waals surface area contributed by atoms with Crippen LogP contribution >= 0.6 is 11.3 Å². The van der Waals surface area contributed by atoms with E-state index in [-0.39, 0.29) is 5.75 Å². The van der Waals surface area contributed by atoms with E-state index < -0.39 is 0 Å². The van der Waals surface area contributed by atoms with Crippen LogP contribution in [-0.2, 0) is 0 Å². The quantitative estimate of drug-likeness (QED) is 0.428. The van der Waals surface area contributed by atoms with E-state index in [9.17, 15) is 5.11 Å². The third-order valence-electron chi connectivity index (χ3n) is 5.38. The van der Waals surface area contributed by atoms with E-state index in [2.05, 4.69) is 60.9 Å². The molecule has 0 atom stereocenters. The molecular weight excluding hydrogens is 363 g/mol. The van der Waals surface area contributed by atoms with Crippen molar-refractivity contribution < 1.29 is 5.11 Å². The molecule has 0 bridgehead atoms. The third kappa shape index (κ3) is 2.14. The number of benzene rings is 3. The predicted molar refractivity (Wildman–Crippen MR) is 121 cm³/mol. The summed E-state index contributed by atoms with van der Waals surface area (Å²) in [4.78, 5) is 4.79. The number of pyridine rings is 1. The number of phenolic OH excluding ortho intramolecular Hbond substituents is 1. The molecule has 3 heterocycles. The molecular formula is C23H15BN2OS. The van der Waals surface area contributed by atoms with Gasteiger partial charge in [0.2, 0.25) is 0 Å². The fourth-order valence-corrected chi connectivity index (χ4v) is 5.17. The Morgan fingerprint density at radius 3 is 2.61 bits per heavy atom. The molecule has 6 rings (SSSR count). The molecule has 0 aliphatic heterocycles. The van der Waals surface area contributed by atoms with Crippen molar-refractivity contribution in [2.24, 2.45) is 0 Å². The summed E-state index contributed by atoms with van der Waals surface area (Å²) in [6.07, 6.45) is 1.96. The zero-order valence-electron chi connectivity index (χ0n) is 15.2. The Labute approximate surface area is 165 Å². The van der Waals surface area contributed by atoms with Crippen LogP contribution in [-0.4, -0.2) is 22.5 Å². The first-order valence-electron chi connectivity index (χ1n) is 9.20. The van der Waals surface area contributed by atoms with Crippen LogP contribution in [0.25, 0.3) is 47.8 Å². The summed E-state index contributed by atoms with van der Waals surface area (Å²) >= 11 is 1.77. The predicted octanol–water partition coefficient (Wildman–Crippen LogP) is 4.51. The summed E-state index contributed by atoms with van der Waals surface area (Å²) in [5, 5.41) is 14.9. The van der Waals surface area contributed by atoms with Crippen molar-refractivity contribution in [1.82, 2.24) is 9.55 Å². The Hall–Kier alpha value is -3.31. The van der Waals surface area contributed by atoms with E-state index >= 15 is 0 Å². The third-order valence-corrected chi connectivity index (χ3v) is 6.51. The van der Waals surface area contributed by atoms with Crippen LogP contribution < -0.4 is 5.46 Å². The Bertz CT molecular complexity index is 1550. The lowest BCUT2D eigenvalue weighted by Crippen LogP contribution is -2.01. The van der Waals surface area contributed by atoms with Gasteiger partial charge >= 0.3 is 0 Å². The van der Waals surface area contributed by atoms with Crippen LogP contribution in [0.15, 0.2) is 72.9 Å². The molecule has 3 nitrogen and oxygen atoms in total. The molecule has 0 unspecified atom stereocenters. The first kappa shape index (κ1) is 15.7. The standard InChI is InChI=1S/C23H15BN2OS/c24-13-5-8-19-17(9-13)15-7-6-14(27)10-20(15)26(19)23-11-18-16-3-1-2-4-21(16)28-22(18)12-25-23/h1-12,27H,24H2. The number of phenols is 1. The lowest BCUT2D eigenvalue weighted by atomic mass is 9.94. The number of rotatable bonds is 1. The second kappa shape index (κ2) is 5.60. The Morgan fingerprint density at radius 2 is 1.68 bits per heavy atom. The molecule has 0 radical (unpaired) electrons.